The van der Waals surface area contributed by atoms with Crippen molar-refractivity contribution in [1.29, 1.82) is 0 Å². The standard InChI is InChI=1S/C16H30N2O2/c1-3-9-17-15(16(19)20-4-2)12-18(10-13-5-6-13)11-14-7-8-14/h13-15,17H,3-12H2,1-2H3. The maximum atomic E-state index is 12.1. The van der Waals surface area contributed by atoms with E-state index in [4.69, 9.17) is 4.74 Å². The van der Waals surface area contributed by atoms with Gasteiger partial charge in [-0.25, -0.2) is 0 Å². The number of nitrogens with zero attached hydrogens (tertiary/aromatic N) is 1. The van der Waals surface area contributed by atoms with E-state index in [0.717, 1.165) is 31.3 Å². The molecule has 20 heavy (non-hydrogen) atoms. The Morgan fingerprint density at radius 2 is 1.80 bits per heavy atom. The average Bonchev–Trinajstić information content (AvgIpc) is 3.30. The van der Waals surface area contributed by atoms with Gasteiger partial charge in [0.15, 0.2) is 0 Å². The minimum atomic E-state index is -0.160. The minimum absolute atomic E-state index is 0.0856. The van der Waals surface area contributed by atoms with Gasteiger partial charge in [0.25, 0.3) is 0 Å². The van der Waals surface area contributed by atoms with Gasteiger partial charge in [0.2, 0.25) is 0 Å². The molecule has 2 fully saturated rings. The van der Waals surface area contributed by atoms with Crippen molar-refractivity contribution in [3.8, 4) is 0 Å². The maximum absolute atomic E-state index is 12.1. The zero-order valence-corrected chi connectivity index (χ0v) is 13.1. The Morgan fingerprint density at radius 3 is 2.25 bits per heavy atom. The Hall–Kier alpha value is -0.610. The molecular formula is C16H30N2O2. The van der Waals surface area contributed by atoms with Gasteiger partial charge in [-0.3, -0.25) is 4.79 Å². The number of nitrogens with one attached hydrogen (secondary N) is 1. The van der Waals surface area contributed by atoms with Crippen molar-refractivity contribution in [3.63, 3.8) is 0 Å². The molecule has 0 aliphatic heterocycles. The molecule has 1 atom stereocenters. The van der Waals surface area contributed by atoms with Gasteiger partial charge in [-0.15, -0.1) is 0 Å². The highest BCUT2D eigenvalue weighted by molar-refractivity contribution is 5.76. The minimum Gasteiger partial charge on any atom is -0.465 e. The fourth-order valence-corrected chi connectivity index (χ4v) is 2.60. The fraction of sp³-hybridized carbons (Fsp3) is 0.938. The summed E-state index contributed by atoms with van der Waals surface area (Å²) >= 11 is 0. The molecule has 0 heterocycles. The monoisotopic (exact) mass is 282 g/mol. The lowest BCUT2D eigenvalue weighted by molar-refractivity contribution is -0.146. The smallest absolute Gasteiger partial charge is 0.324 e. The van der Waals surface area contributed by atoms with Gasteiger partial charge in [0, 0.05) is 19.6 Å². The molecule has 2 saturated carbocycles. The molecule has 1 unspecified atom stereocenters. The van der Waals surface area contributed by atoms with E-state index in [1.165, 1.54) is 38.8 Å². The van der Waals surface area contributed by atoms with Crippen LogP contribution in [0.15, 0.2) is 0 Å². The molecular weight excluding hydrogens is 252 g/mol. The third kappa shape index (κ3) is 5.80. The van der Waals surface area contributed by atoms with E-state index in [-0.39, 0.29) is 12.0 Å². The van der Waals surface area contributed by atoms with Gasteiger partial charge < -0.3 is 15.0 Å². The number of hydrogen-bond acceptors (Lipinski definition) is 4. The second-order valence-corrected chi connectivity index (χ2v) is 6.36. The van der Waals surface area contributed by atoms with Crippen LogP contribution in [0.1, 0.15) is 46.0 Å². The summed E-state index contributed by atoms with van der Waals surface area (Å²) < 4.78 is 5.22. The second kappa shape index (κ2) is 7.99. The van der Waals surface area contributed by atoms with Crippen molar-refractivity contribution >= 4 is 5.97 Å². The Kier molecular flexibility index (Phi) is 6.30. The van der Waals surface area contributed by atoms with E-state index in [1.807, 2.05) is 6.92 Å². The van der Waals surface area contributed by atoms with Crippen molar-refractivity contribution in [1.82, 2.24) is 10.2 Å². The highest BCUT2D eigenvalue weighted by atomic mass is 16.5. The van der Waals surface area contributed by atoms with Crippen molar-refractivity contribution < 1.29 is 9.53 Å². The second-order valence-electron chi connectivity index (χ2n) is 6.36. The predicted octanol–water partition coefficient (Wildman–Crippen LogP) is 2.04. The van der Waals surface area contributed by atoms with Crippen LogP contribution in [-0.2, 0) is 9.53 Å². The van der Waals surface area contributed by atoms with Crippen LogP contribution in [0.3, 0.4) is 0 Å². The molecule has 1 N–H and O–H groups in total. The fourth-order valence-electron chi connectivity index (χ4n) is 2.60. The lowest BCUT2D eigenvalue weighted by Gasteiger charge is -2.27. The number of hydrogen-bond donors (Lipinski definition) is 1. The average molecular weight is 282 g/mol. The Morgan fingerprint density at radius 1 is 1.20 bits per heavy atom. The van der Waals surface area contributed by atoms with Crippen LogP contribution in [0.25, 0.3) is 0 Å². The highest BCUT2D eigenvalue weighted by Gasteiger charge is 2.31. The molecule has 4 nitrogen and oxygen atoms in total. The van der Waals surface area contributed by atoms with Gasteiger partial charge in [-0.2, -0.15) is 0 Å². The molecule has 116 valence electrons. The third-order valence-corrected chi connectivity index (χ3v) is 4.08. The van der Waals surface area contributed by atoms with Crippen LogP contribution in [0.2, 0.25) is 0 Å². The number of esters is 1. The molecule has 2 rings (SSSR count). The van der Waals surface area contributed by atoms with Crippen LogP contribution in [0.4, 0.5) is 0 Å². The first-order chi connectivity index (χ1) is 9.72. The molecule has 4 heteroatoms. The Labute approximate surface area is 123 Å². The van der Waals surface area contributed by atoms with E-state index in [2.05, 4.69) is 17.1 Å². The summed E-state index contributed by atoms with van der Waals surface area (Å²) in [6.45, 7) is 8.49. The number of ether oxygens (including phenoxy) is 1. The first-order valence-corrected chi connectivity index (χ1v) is 8.35. The Bertz CT molecular complexity index is 287. The van der Waals surface area contributed by atoms with E-state index < -0.39 is 0 Å². The maximum Gasteiger partial charge on any atom is 0.324 e. The molecule has 0 radical (unpaired) electrons. The van der Waals surface area contributed by atoms with Crippen molar-refractivity contribution in [2.45, 2.75) is 52.0 Å². The van der Waals surface area contributed by atoms with Crippen LogP contribution in [0, 0.1) is 11.8 Å². The first kappa shape index (κ1) is 15.8. The third-order valence-electron chi connectivity index (χ3n) is 4.08. The summed E-state index contributed by atoms with van der Waals surface area (Å²) in [7, 11) is 0. The van der Waals surface area contributed by atoms with Gasteiger partial charge in [0.1, 0.15) is 6.04 Å². The van der Waals surface area contributed by atoms with E-state index >= 15 is 0 Å². The van der Waals surface area contributed by atoms with Crippen molar-refractivity contribution in [2.24, 2.45) is 11.8 Å². The van der Waals surface area contributed by atoms with Crippen molar-refractivity contribution in [2.75, 3.05) is 32.8 Å². The highest BCUT2D eigenvalue weighted by Crippen LogP contribution is 2.33. The van der Waals surface area contributed by atoms with E-state index in [0.29, 0.717) is 6.61 Å². The quantitative estimate of drug-likeness (QED) is 0.589. The predicted molar refractivity (Wildman–Crippen MR) is 80.6 cm³/mol. The molecule has 0 saturated heterocycles. The van der Waals surface area contributed by atoms with Gasteiger partial charge >= 0.3 is 5.97 Å². The summed E-state index contributed by atoms with van der Waals surface area (Å²) in [6.07, 6.45) is 6.52. The van der Waals surface area contributed by atoms with Crippen LogP contribution in [0.5, 0.6) is 0 Å². The van der Waals surface area contributed by atoms with E-state index in [9.17, 15) is 4.79 Å². The van der Waals surface area contributed by atoms with Gasteiger partial charge in [-0.1, -0.05) is 6.92 Å². The van der Waals surface area contributed by atoms with Gasteiger partial charge in [-0.05, 0) is 57.4 Å². The van der Waals surface area contributed by atoms with E-state index in [1.54, 1.807) is 0 Å². The SMILES string of the molecule is CCCNC(CN(CC1CC1)CC1CC1)C(=O)OCC. The molecule has 0 aromatic heterocycles. The number of rotatable bonds is 11. The molecule has 2 aliphatic rings. The van der Waals surface area contributed by atoms with Crippen LogP contribution >= 0.6 is 0 Å². The largest absolute Gasteiger partial charge is 0.465 e. The normalized spacial score (nSPS) is 20.1. The summed E-state index contributed by atoms with van der Waals surface area (Å²) in [5, 5.41) is 3.36. The lowest BCUT2D eigenvalue weighted by Crippen LogP contribution is -2.48. The molecule has 0 aromatic rings. The first-order valence-electron chi connectivity index (χ1n) is 8.35. The molecule has 0 aromatic carbocycles. The molecule has 2 aliphatic carbocycles. The summed E-state index contributed by atoms with van der Waals surface area (Å²) in [5.41, 5.74) is 0. The Balaban J connectivity index is 1.84. The topological polar surface area (TPSA) is 41.6 Å². The molecule has 0 amide bonds. The van der Waals surface area contributed by atoms with Crippen LogP contribution < -0.4 is 5.32 Å². The van der Waals surface area contributed by atoms with Gasteiger partial charge in [0.05, 0.1) is 6.61 Å². The van der Waals surface area contributed by atoms with Crippen LogP contribution in [-0.4, -0.2) is 49.7 Å². The lowest BCUT2D eigenvalue weighted by atomic mass is 10.2. The number of carbonyl (C=O) groups excluding carboxylic acids is 1. The summed E-state index contributed by atoms with van der Waals surface area (Å²) in [5.74, 6) is 1.67. The summed E-state index contributed by atoms with van der Waals surface area (Å²) in [6, 6.07) is -0.160. The zero-order valence-electron chi connectivity index (χ0n) is 13.1. The number of carbonyl (C=O) groups is 1. The van der Waals surface area contributed by atoms with Crippen molar-refractivity contribution in [3.05, 3.63) is 0 Å². The summed E-state index contributed by atoms with van der Waals surface area (Å²) in [4.78, 5) is 14.6. The molecule has 0 spiro atoms. The molecule has 0 bridgehead atoms. The zero-order chi connectivity index (χ0) is 14.4.